The summed E-state index contributed by atoms with van der Waals surface area (Å²) in [6.45, 7) is 3.75. The Morgan fingerprint density at radius 3 is 2.16 bits per heavy atom. The maximum Gasteiger partial charge on any atom is 0.225 e. The summed E-state index contributed by atoms with van der Waals surface area (Å²) in [6.07, 6.45) is 1.11. The molecule has 0 atom stereocenters. The Morgan fingerprint density at radius 1 is 0.875 bits per heavy atom. The molecular formula is C23H27Cl2N3O3S. The quantitative estimate of drug-likeness (QED) is 0.631. The zero-order valence-corrected chi connectivity index (χ0v) is 20.1. The van der Waals surface area contributed by atoms with Crippen LogP contribution in [0.5, 0.6) is 0 Å². The van der Waals surface area contributed by atoms with Gasteiger partial charge < -0.3 is 9.80 Å². The van der Waals surface area contributed by atoms with Gasteiger partial charge >= 0.3 is 0 Å². The molecule has 2 aromatic rings. The number of piperidine rings is 1. The smallest absolute Gasteiger partial charge is 0.225 e. The van der Waals surface area contributed by atoms with E-state index in [1.807, 2.05) is 23.1 Å². The summed E-state index contributed by atoms with van der Waals surface area (Å²) in [7, 11) is -3.48. The van der Waals surface area contributed by atoms with Crippen LogP contribution in [-0.4, -0.2) is 62.8 Å². The van der Waals surface area contributed by atoms with E-state index < -0.39 is 10.0 Å². The molecule has 2 fully saturated rings. The Labute approximate surface area is 199 Å². The highest BCUT2D eigenvalue weighted by Gasteiger charge is 2.34. The van der Waals surface area contributed by atoms with Crippen LogP contribution in [0.2, 0.25) is 10.0 Å². The van der Waals surface area contributed by atoms with Gasteiger partial charge in [-0.2, -0.15) is 0 Å². The second-order valence-electron chi connectivity index (χ2n) is 8.33. The number of hydrogen-bond donors (Lipinski definition) is 0. The van der Waals surface area contributed by atoms with E-state index >= 15 is 0 Å². The number of para-hydroxylation sites is 1. The molecule has 2 aromatic carbocycles. The molecule has 0 aliphatic carbocycles. The van der Waals surface area contributed by atoms with Crippen LogP contribution >= 0.6 is 23.2 Å². The van der Waals surface area contributed by atoms with E-state index in [0.29, 0.717) is 54.6 Å². The van der Waals surface area contributed by atoms with Crippen molar-refractivity contribution in [3.63, 3.8) is 0 Å². The highest BCUT2D eigenvalue weighted by atomic mass is 35.5. The molecule has 2 aliphatic heterocycles. The average Bonchev–Trinajstić information content (AvgIpc) is 2.81. The lowest BCUT2D eigenvalue weighted by Crippen LogP contribution is -2.52. The zero-order valence-electron chi connectivity index (χ0n) is 17.8. The fraction of sp³-hybridized carbons (Fsp3) is 0.435. The molecule has 0 radical (unpaired) electrons. The van der Waals surface area contributed by atoms with Gasteiger partial charge in [-0.05, 0) is 42.7 Å². The predicted molar refractivity (Wildman–Crippen MR) is 129 cm³/mol. The summed E-state index contributed by atoms with van der Waals surface area (Å²) >= 11 is 11.9. The van der Waals surface area contributed by atoms with Crippen LogP contribution in [0.1, 0.15) is 18.4 Å². The molecule has 0 bridgehead atoms. The number of nitrogens with zero attached hydrogens (tertiary/aromatic N) is 3. The minimum absolute atomic E-state index is 0.116. The molecule has 1 amide bonds. The predicted octanol–water partition coefficient (Wildman–Crippen LogP) is 3.88. The summed E-state index contributed by atoms with van der Waals surface area (Å²) in [5.74, 6) is -0.0850. The van der Waals surface area contributed by atoms with E-state index in [4.69, 9.17) is 23.2 Å². The molecule has 9 heteroatoms. The first-order valence-electron chi connectivity index (χ1n) is 10.8. The minimum atomic E-state index is -3.48. The minimum Gasteiger partial charge on any atom is -0.368 e. The van der Waals surface area contributed by atoms with E-state index in [1.165, 1.54) is 9.99 Å². The first kappa shape index (κ1) is 23.4. The molecule has 0 N–H and O–H groups in total. The van der Waals surface area contributed by atoms with E-state index in [9.17, 15) is 13.2 Å². The van der Waals surface area contributed by atoms with Crippen LogP contribution in [0.15, 0.2) is 48.5 Å². The molecule has 172 valence electrons. The Morgan fingerprint density at radius 2 is 1.53 bits per heavy atom. The summed E-state index contributed by atoms with van der Waals surface area (Å²) in [4.78, 5) is 17.3. The molecule has 2 heterocycles. The van der Waals surface area contributed by atoms with Crippen molar-refractivity contribution in [1.29, 1.82) is 0 Å². The first-order valence-corrected chi connectivity index (χ1v) is 13.2. The van der Waals surface area contributed by atoms with Gasteiger partial charge in [0.25, 0.3) is 0 Å². The van der Waals surface area contributed by atoms with Crippen molar-refractivity contribution in [2.75, 3.05) is 44.2 Å². The maximum atomic E-state index is 13.0. The van der Waals surface area contributed by atoms with Crippen molar-refractivity contribution in [3.8, 4) is 0 Å². The number of anilines is 1. The van der Waals surface area contributed by atoms with E-state index in [-0.39, 0.29) is 17.6 Å². The van der Waals surface area contributed by atoms with E-state index in [1.54, 1.807) is 18.2 Å². The van der Waals surface area contributed by atoms with Gasteiger partial charge in [0.05, 0.1) is 15.8 Å². The monoisotopic (exact) mass is 495 g/mol. The van der Waals surface area contributed by atoms with Crippen LogP contribution < -0.4 is 4.90 Å². The number of benzene rings is 2. The normalized spacial score (nSPS) is 18.7. The maximum absolute atomic E-state index is 13.0. The Kier molecular flexibility index (Phi) is 7.30. The van der Waals surface area contributed by atoms with Crippen LogP contribution in [0.3, 0.4) is 0 Å². The van der Waals surface area contributed by atoms with Gasteiger partial charge in [0.2, 0.25) is 15.9 Å². The van der Waals surface area contributed by atoms with Crippen LogP contribution in [-0.2, 0) is 20.6 Å². The SMILES string of the molecule is O=C(C1CCN(S(=O)(=O)Cc2ccc(Cl)c(Cl)c2)CC1)N1CCN(c2ccccc2)CC1. The summed E-state index contributed by atoms with van der Waals surface area (Å²) in [6, 6.07) is 15.1. The number of piperazine rings is 1. The highest BCUT2D eigenvalue weighted by molar-refractivity contribution is 7.88. The van der Waals surface area contributed by atoms with E-state index in [0.717, 1.165) is 13.1 Å². The highest BCUT2D eigenvalue weighted by Crippen LogP contribution is 2.27. The van der Waals surface area contributed by atoms with Crippen LogP contribution in [0.4, 0.5) is 5.69 Å². The number of carbonyl (C=O) groups is 1. The molecule has 2 saturated heterocycles. The van der Waals surface area contributed by atoms with Gasteiger partial charge in [-0.1, -0.05) is 47.5 Å². The summed E-state index contributed by atoms with van der Waals surface area (Å²) in [5.41, 5.74) is 1.79. The Bertz CT molecular complexity index is 1050. The van der Waals surface area contributed by atoms with Gasteiger partial charge in [-0.3, -0.25) is 4.79 Å². The number of sulfonamides is 1. The number of amides is 1. The van der Waals surface area contributed by atoms with Crippen molar-refractivity contribution in [3.05, 3.63) is 64.1 Å². The third-order valence-corrected chi connectivity index (χ3v) is 8.83. The Balaban J connectivity index is 1.28. The number of hydrogen-bond acceptors (Lipinski definition) is 4. The molecule has 32 heavy (non-hydrogen) atoms. The lowest BCUT2D eigenvalue weighted by atomic mass is 9.96. The molecule has 6 nitrogen and oxygen atoms in total. The van der Waals surface area contributed by atoms with Gasteiger partial charge in [0.15, 0.2) is 0 Å². The van der Waals surface area contributed by atoms with Crippen molar-refractivity contribution in [1.82, 2.24) is 9.21 Å². The van der Waals surface area contributed by atoms with Gasteiger partial charge in [0, 0.05) is 50.9 Å². The molecule has 0 saturated carbocycles. The van der Waals surface area contributed by atoms with Crippen molar-refractivity contribution in [2.45, 2.75) is 18.6 Å². The number of carbonyl (C=O) groups excluding carboxylic acids is 1. The Hall–Kier alpha value is -1.80. The van der Waals surface area contributed by atoms with Crippen molar-refractivity contribution >= 4 is 44.8 Å². The van der Waals surface area contributed by atoms with Crippen LogP contribution in [0.25, 0.3) is 0 Å². The standard InChI is InChI=1S/C23H27Cl2N3O3S/c24-21-7-6-18(16-22(21)25)17-32(30,31)28-10-8-19(9-11-28)23(29)27-14-12-26(13-15-27)20-4-2-1-3-5-20/h1-7,16,19H,8-15,17H2. The van der Waals surface area contributed by atoms with E-state index in [2.05, 4.69) is 17.0 Å². The molecular weight excluding hydrogens is 469 g/mol. The van der Waals surface area contributed by atoms with Gasteiger partial charge in [-0.15, -0.1) is 0 Å². The summed E-state index contributed by atoms with van der Waals surface area (Å²) < 4.78 is 27.2. The molecule has 2 aliphatic rings. The molecule has 0 aromatic heterocycles. The largest absolute Gasteiger partial charge is 0.368 e. The van der Waals surface area contributed by atoms with Crippen LogP contribution in [0, 0.1) is 5.92 Å². The first-order chi connectivity index (χ1) is 15.3. The molecule has 0 unspecified atom stereocenters. The lowest BCUT2D eigenvalue weighted by molar-refractivity contribution is -0.137. The average molecular weight is 496 g/mol. The van der Waals surface area contributed by atoms with Crippen molar-refractivity contribution < 1.29 is 13.2 Å². The third kappa shape index (κ3) is 5.39. The fourth-order valence-corrected chi connectivity index (χ4v) is 6.27. The zero-order chi connectivity index (χ0) is 22.7. The second-order valence-corrected chi connectivity index (χ2v) is 11.1. The lowest BCUT2D eigenvalue weighted by Gasteiger charge is -2.39. The fourth-order valence-electron chi connectivity index (χ4n) is 4.39. The second kappa shape index (κ2) is 10.00. The van der Waals surface area contributed by atoms with Crippen molar-refractivity contribution in [2.24, 2.45) is 5.92 Å². The third-order valence-electron chi connectivity index (χ3n) is 6.24. The molecule has 0 spiro atoms. The summed E-state index contributed by atoms with van der Waals surface area (Å²) in [5, 5.41) is 0.743. The number of halogens is 2. The van der Waals surface area contributed by atoms with Gasteiger partial charge in [-0.25, -0.2) is 12.7 Å². The topological polar surface area (TPSA) is 60.9 Å². The van der Waals surface area contributed by atoms with Gasteiger partial charge in [0.1, 0.15) is 0 Å². The molecule has 4 rings (SSSR count). The number of rotatable bonds is 5.